The van der Waals surface area contributed by atoms with Gasteiger partial charge >= 0.3 is 5.97 Å². The Kier molecular flexibility index (Phi) is 4.68. The van der Waals surface area contributed by atoms with E-state index in [0.717, 1.165) is 0 Å². The minimum atomic E-state index is -1.76. The van der Waals surface area contributed by atoms with Crippen molar-refractivity contribution >= 4 is 39.3 Å². The van der Waals surface area contributed by atoms with E-state index in [4.69, 9.17) is 16.7 Å². The molecule has 0 aliphatic heterocycles. The first-order chi connectivity index (χ1) is 7.86. The number of carbonyl (C=O) groups is 2. The molecule has 0 aliphatic carbocycles. The van der Waals surface area contributed by atoms with E-state index in [-0.39, 0.29) is 11.1 Å². The van der Waals surface area contributed by atoms with Crippen molar-refractivity contribution in [3.63, 3.8) is 0 Å². The van der Waals surface area contributed by atoms with E-state index in [0.29, 0.717) is 4.47 Å². The van der Waals surface area contributed by atoms with Gasteiger partial charge in [0.15, 0.2) is 11.9 Å². The van der Waals surface area contributed by atoms with Crippen molar-refractivity contribution in [2.75, 3.05) is 0 Å². The van der Waals surface area contributed by atoms with E-state index >= 15 is 0 Å². The van der Waals surface area contributed by atoms with Crippen molar-refractivity contribution in [2.24, 2.45) is 0 Å². The van der Waals surface area contributed by atoms with Crippen LogP contribution in [0.4, 0.5) is 0 Å². The second-order valence-corrected chi connectivity index (χ2v) is 4.93. The summed E-state index contributed by atoms with van der Waals surface area (Å²) >= 11 is 8.79. The summed E-state index contributed by atoms with van der Waals surface area (Å²) in [4.78, 5) is 22.6. The van der Waals surface area contributed by atoms with E-state index in [2.05, 4.69) is 15.9 Å². The van der Waals surface area contributed by atoms with Crippen LogP contribution in [0.25, 0.3) is 0 Å². The number of aliphatic hydroxyl groups excluding tert-OH is 1. The molecule has 2 N–H and O–H groups in total. The van der Waals surface area contributed by atoms with Gasteiger partial charge in [0, 0.05) is 15.6 Å². The zero-order valence-corrected chi connectivity index (χ0v) is 11.2. The number of benzene rings is 1. The molecule has 1 aromatic carbocycles. The maximum atomic E-state index is 11.8. The second-order valence-electron chi connectivity index (χ2n) is 3.42. The Hall–Kier alpha value is -0.910. The Balaban J connectivity index is 3.36. The van der Waals surface area contributed by atoms with Gasteiger partial charge in [0.2, 0.25) is 0 Å². The number of hydrogen-bond acceptors (Lipinski definition) is 3. The molecule has 17 heavy (non-hydrogen) atoms. The van der Waals surface area contributed by atoms with Crippen LogP contribution >= 0.6 is 27.5 Å². The molecule has 0 heterocycles. The van der Waals surface area contributed by atoms with E-state index in [1.807, 2.05) is 0 Å². The number of alkyl halides is 1. The fourth-order valence-electron chi connectivity index (χ4n) is 1.37. The van der Waals surface area contributed by atoms with Gasteiger partial charge in [0.25, 0.3) is 0 Å². The lowest BCUT2D eigenvalue weighted by atomic mass is 9.98. The van der Waals surface area contributed by atoms with Crippen molar-refractivity contribution in [1.29, 1.82) is 0 Å². The zero-order chi connectivity index (χ0) is 13.2. The van der Waals surface area contributed by atoms with Crippen LogP contribution in [0.3, 0.4) is 0 Å². The molecule has 0 saturated carbocycles. The third kappa shape index (κ3) is 3.06. The molecule has 2 atom stereocenters. The lowest BCUT2D eigenvalue weighted by molar-refractivity contribution is -0.147. The molecular weight excluding hydrogens is 311 g/mol. The summed E-state index contributed by atoms with van der Waals surface area (Å²) in [5.41, 5.74) is 0.134. The van der Waals surface area contributed by atoms with Crippen molar-refractivity contribution in [2.45, 2.75) is 18.4 Å². The summed E-state index contributed by atoms with van der Waals surface area (Å²) in [5, 5.41) is 17.6. The van der Waals surface area contributed by atoms with Gasteiger partial charge in [-0.3, -0.25) is 4.79 Å². The first-order valence-electron chi connectivity index (χ1n) is 4.73. The summed E-state index contributed by atoms with van der Waals surface area (Å²) < 4.78 is 0.357. The smallest absolute Gasteiger partial charge is 0.337 e. The summed E-state index contributed by atoms with van der Waals surface area (Å²) in [6, 6.07) is 4.57. The minimum absolute atomic E-state index is 0.0255. The van der Waals surface area contributed by atoms with E-state index in [9.17, 15) is 14.7 Å². The molecule has 0 bridgehead atoms. The highest BCUT2D eigenvalue weighted by atomic mass is 79.9. The Morgan fingerprint density at radius 3 is 2.47 bits per heavy atom. The van der Waals surface area contributed by atoms with Crippen molar-refractivity contribution in [3.8, 4) is 0 Å². The largest absolute Gasteiger partial charge is 0.479 e. The molecule has 1 rings (SSSR count). The molecule has 2 unspecified atom stereocenters. The normalized spacial score (nSPS) is 14.1. The highest BCUT2D eigenvalue weighted by Crippen LogP contribution is 2.28. The van der Waals surface area contributed by atoms with Gasteiger partial charge in [-0.05, 0) is 13.0 Å². The molecule has 0 fully saturated rings. The van der Waals surface area contributed by atoms with Gasteiger partial charge in [-0.2, -0.15) is 0 Å². The average molecular weight is 322 g/mol. The van der Waals surface area contributed by atoms with Gasteiger partial charge in [-0.1, -0.05) is 28.1 Å². The van der Waals surface area contributed by atoms with Crippen LogP contribution in [-0.2, 0) is 4.79 Å². The van der Waals surface area contributed by atoms with E-state index in [1.54, 1.807) is 12.1 Å². The maximum Gasteiger partial charge on any atom is 0.337 e. The number of carboxylic acids is 1. The summed E-state index contributed by atoms with van der Waals surface area (Å²) in [6.45, 7) is 1.49. The molecular formula is C11H10BrClO4. The molecule has 0 radical (unpaired) electrons. The van der Waals surface area contributed by atoms with Crippen LogP contribution in [0.15, 0.2) is 22.7 Å². The Bertz CT molecular complexity index is 459. The SMILES string of the molecule is CC(Cl)C(=O)c1cccc(Br)c1C(O)C(=O)O. The van der Waals surface area contributed by atoms with Crippen LogP contribution in [0, 0.1) is 0 Å². The Morgan fingerprint density at radius 2 is 2.00 bits per heavy atom. The lowest BCUT2D eigenvalue weighted by Gasteiger charge is -2.14. The van der Waals surface area contributed by atoms with Gasteiger partial charge < -0.3 is 10.2 Å². The lowest BCUT2D eigenvalue weighted by Crippen LogP contribution is -2.19. The number of rotatable bonds is 4. The zero-order valence-electron chi connectivity index (χ0n) is 8.85. The summed E-state index contributed by atoms with van der Waals surface area (Å²) in [6.07, 6.45) is -1.76. The van der Waals surface area contributed by atoms with Crippen molar-refractivity contribution in [3.05, 3.63) is 33.8 Å². The van der Waals surface area contributed by atoms with Crippen LogP contribution in [-0.4, -0.2) is 27.3 Å². The number of aliphatic carboxylic acids is 1. The van der Waals surface area contributed by atoms with Gasteiger partial charge in [0.1, 0.15) is 0 Å². The first-order valence-corrected chi connectivity index (χ1v) is 5.96. The highest BCUT2D eigenvalue weighted by molar-refractivity contribution is 9.10. The number of carboxylic acid groups (broad SMARTS) is 1. The predicted octanol–water partition coefficient (Wildman–Crippen LogP) is 2.38. The molecule has 0 saturated heterocycles. The fraction of sp³-hybridized carbons (Fsp3) is 0.273. The third-order valence-corrected chi connectivity index (χ3v) is 3.08. The predicted molar refractivity (Wildman–Crippen MR) is 66.4 cm³/mol. The van der Waals surface area contributed by atoms with Crippen LogP contribution in [0.5, 0.6) is 0 Å². The second kappa shape index (κ2) is 5.62. The van der Waals surface area contributed by atoms with Crippen LogP contribution < -0.4 is 0 Å². The quantitative estimate of drug-likeness (QED) is 0.659. The number of carbonyl (C=O) groups excluding carboxylic acids is 1. The number of aliphatic hydroxyl groups is 1. The molecule has 6 heteroatoms. The minimum Gasteiger partial charge on any atom is -0.479 e. The van der Waals surface area contributed by atoms with Gasteiger partial charge in [-0.15, -0.1) is 11.6 Å². The first kappa shape index (κ1) is 14.2. The van der Waals surface area contributed by atoms with Gasteiger partial charge in [-0.25, -0.2) is 4.79 Å². The number of halogens is 2. The number of hydrogen-bond donors (Lipinski definition) is 2. The van der Waals surface area contributed by atoms with E-state index < -0.39 is 23.2 Å². The Morgan fingerprint density at radius 1 is 1.41 bits per heavy atom. The molecule has 0 aromatic heterocycles. The molecule has 1 aromatic rings. The average Bonchev–Trinajstić information content (AvgIpc) is 2.26. The van der Waals surface area contributed by atoms with Gasteiger partial charge in [0.05, 0.1) is 5.38 Å². The monoisotopic (exact) mass is 320 g/mol. The summed E-state index contributed by atoms with van der Waals surface area (Å²) in [5.74, 6) is -1.85. The fourth-order valence-corrected chi connectivity index (χ4v) is 2.07. The number of ketones is 1. The standard InChI is InChI=1S/C11H10BrClO4/c1-5(13)9(14)6-3-2-4-7(12)8(6)10(15)11(16)17/h2-5,10,15H,1H3,(H,16,17). The summed E-state index contributed by atoms with van der Waals surface area (Å²) in [7, 11) is 0. The van der Waals surface area contributed by atoms with Crippen molar-refractivity contribution < 1.29 is 19.8 Å². The Labute approximate surface area is 111 Å². The molecule has 4 nitrogen and oxygen atoms in total. The van der Waals surface area contributed by atoms with Crippen LogP contribution in [0.2, 0.25) is 0 Å². The maximum absolute atomic E-state index is 11.8. The molecule has 0 aliphatic rings. The topological polar surface area (TPSA) is 74.6 Å². The molecule has 92 valence electrons. The van der Waals surface area contributed by atoms with Crippen LogP contribution in [0.1, 0.15) is 28.9 Å². The molecule has 0 amide bonds. The highest BCUT2D eigenvalue weighted by Gasteiger charge is 2.26. The molecule has 0 spiro atoms. The third-order valence-electron chi connectivity index (χ3n) is 2.19. The van der Waals surface area contributed by atoms with Crippen molar-refractivity contribution in [1.82, 2.24) is 0 Å². The number of Topliss-reactive ketones (excluding diaryl/α,β-unsaturated/α-hetero) is 1. The van der Waals surface area contributed by atoms with E-state index in [1.165, 1.54) is 13.0 Å².